The lowest BCUT2D eigenvalue weighted by atomic mass is 10.0. The summed E-state index contributed by atoms with van der Waals surface area (Å²) in [6.45, 7) is 5.01. The van der Waals surface area contributed by atoms with E-state index in [9.17, 15) is 4.39 Å². The van der Waals surface area contributed by atoms with Crippen molar-refractivity contribution in [3.05, 3.63) is 24.0 Å². The van der Waals surface area contributed by atoms with Crippen LogP contribution in [0.15, 0.2) is 18.2 Å². The molecule has 2 rings (SSSR count). The summed E-state index contributed by atoms with van der Waals surface area (Å²) in [5.74, 6) is -0.203. The van der Waals surface area contributed by atoms with Crippen LogP contribution in [0.2, 0.25) is 0 Å². The van der Waals surface area contributed by atoms with Crippen molar-refractivity contribution in [1.82, 2.24) is 0 Å². The van der Waals surface area contributed by atoms with E-state index in [4.69, 9.17) is 0 Å². The van der Waals surface area contributed by atoms with Gasteiger partial charge < -0.3 is 10.6 Å². The quantitative estimate of drug-likeness (QED) is 0.640. The number of hydrogen-bond donors (Lipinski definition) is 2. The van der Waals surface area contributed by atoms with Gasteiger partial charge in [0.1, 0.15) is 5.82 Å². The molecule has 2 N–H and O–H groups in total. The number of hydrogen-bond acceptors (Lipinski definition) is 2. The first-order valence-corrected chi connectivity index (χ1v) is 4.38. The second-order valence-corrected chi connectivity index (χ2v) is 4.05. The van der Waals surface area contributed by atoms with E-state index in [-0.39, 0.29) is 11.4 Å². The molecule has 0 atom stereocenters. The Bertz CT molecular complexity index is 334. The molecule has 2 nitrogen and oxygen atoms in total. The Kier molecular flexibility index (Phi) is 1.68. The minimum Gasteiger partial charge on any atom is -0.381 e. The topological polar surface area (TPSA) is 24.1 Å². The third-order valence-electron chi connectivity index (χ3n) is 2.18. The Labute approximate surface area is 77.2 Å². The molecule has 0 fully saturated rings. The van der Waals surface area contributed by atoms with Gasteiger partial charge in [-0.15, -0.1) is 0 Å². The molecule has 0 aliphatic carbocycles. The van der Waals surface area contributed by atoms with Gasteiger partial charge in [-0.3, -0.25) is 0 Å². The molecule has 13 heavy (non-hydrogen) atoms. The summed E-state index contributed by atoms with van der Waals surface area (Å²) in [4.78, 5) is 0. The molecule has 0 bridgehead atoms. The first-order chi connectivity index (χ1) is 6.07. The van der Waals surface area contributed by atoms with Gasteiger partial charge in [-0.1, -0.05) is 0 Å². The van der Waals surface area contributed by atoms with Crippen molar-refractivity contribution in [3.8, 4) is 0 Å². The molecule has 1 aliphatic heterocycles. The zero-order valence-electron chi connectivity index (χ0n) is 7.82. The van der Waals surface area contributed by atoms with Gasteiger partial charge >= 0.3 is 0 Å². The summed E-state index contributed by atoms with van der Waals surface area (Å²) in [5, 5.41) is 6.53. The van der Waals surface area contributed by atoms with Gasteiger partial charge in [-0.25, -0.2) is 4.39 Å². The maximum atomic E-state index is 12.9. The predicted molar refractivity (Wildman–Crippen MR) is 52.6 cm³/mol. The summed E-state index contributed by atoms with van der Waals surface area (Å²) in [7, 11) is 0. The van der Waals surface area contributed by atoms with E-state index in [1.54, 1.807) is 6.07 Å². The Hall–Kier alpha value is -1.25. The Morgan fingerprint density at radius 1 is 1.31 bits per heavy atom. The first kappa shape index (κ1) is 8.35. The summed E-state index contributed by atoms with van der Waals surface area (Å²) < 4.78 is 12.9. The van der Waals surface area contributed by atoms with E-state index >= 15 is 0 Å². The van der Waals surface area contributed by atoms with Gasteiger partial charge in [-0.2, -0.15) is 0 Å². The summed E-state index contributed by atoms with van der Waals surface area (Å²) in [6.07, 6.45) is 0. The van der Waals surface area contributed by atoms with Gasteiger partial charge in [-0.05, 0) is 32.0 Å². The van der Waals surface area contributed by atoms with Gasteiger partial charge in [0.25, 0.3) is 0 Å². The van der Waals surface area contributed by atoms with E-state index in [1.165, 1.54) is 12.1 Å². The zero-order chi connectivity index (χ0) is 9.47. The highest BCUT2D eigenvalue weighted by atomic mass is 19.1. The van der Waals surface area contributed by atoms with Crippen LogP contribution in [0.5, 0.6) is 0 Å². The van der Waals surface area contributed by atoms with E-state index < -0.39 is 0 Å². The number of anilines is 2. The monoisotopic (exact) mass is 180 g/mol. The minimum atomic E-state index is -0.203. The molecule has 0 saturated heterocycles. The van der Waals surface area contributed by atoms with Gasteiger partial charge in [0.2, 0.25) is 0 Å². The molecule has 0 saturated carbocycles. The number of nitrogens with one attached hydrogen (secondary N) is 2. The van der Waals surface area contributed by atoms with Crippen molar-refractivity contribution in [2.45, 2.75) is 19.4 Å². The van der Waals surface area contributed by atoms with Crippen LogP contribution < -0.4 is 10.6 Å². The highest BCUT2D eigenvalue weighted by Gasteiger charge is 2.23. The molecule has 0 amide bonds. The van der Waals surface area contributed by atoms with Crippen LogP contribution in [-0.4, -0.2) is 12.1 Å². The maximum absolute atomic E-state index is 12.9. The van der Waals surface area contributed by atoms with Gasteiger partial charge in [0, 0.05) is 12.1 Å². The zero-order valence-corrected chi connectivity index (χ0v) is 7.82. The highest BCUT2D eigenvalue weighted by Crippen LogP contribution is 2.30. The number of rotatable bonds is 0. The molecule has 1 aliphatic rings. The molecular formula is C10H13FN2. The second kappa shape index (κ2) is 2.62. The lowest BCUT2D eigenvalue weighted by Crippen LogP contribution is -2.42. The smallest absolute Gasteiger partial charge is 0.125 e. The van der Waals surface area contributed by atoms with Crippen LogP contribution >= 0.6 is 0 Å². The molecule has 1 heterocycles. The van der Waals surface area contributed by atoms with Crippen molar-refractivity contribution < 1.29 is 4.39 Å². The van der Waals surface area contributed by atoms with Crippen LogP contribution in [0, 0.1) is 5.82 Å². The molecule has 0 radical (unpaired) electrons. The fraction of sp³-hybridized carbons (Fsp3) is 0.400. The summed E-state index contributed by atoms with van der Waals surface area (Å²) in [6, 6.07) is 4.74. The normalized spacial score (nSPS) is 18.4. The fourth-order valence-corrected chi connectivity index (χ4v) is 1.50. The summed E-state index contributed by atoms with van der Waals surface area (Å²) in [5.41, 5.74) is 1.80. The van der Waals surface area contributed by atoms with E-state index in [0.29, 0.717) is 0 Å². The number of fused-ring (bicyclic) bond motifs is 1. The average molecular weight is 180 g/mol. The Morgan fingerprint density at radius 3 is 2.85 bits per heavy atom. The van der Waals surface area contributed by atoms with Crippen LogP contribution in [0.1, 0.15) is 13.8 Å². The van der Waals surface area contributed by atoms with Crippen molar-refractivity contribution in [2.75, 3.05) is 17.2 Å². The van der Waals surface area contributed by atoms with Crippen molar-refractivity contribution >= 4 is 11.4 Å². The SMILES string of the molecule is CC1(C)CNc2ccc(F)cc2N1. The van der Waals surface area contributed by atoms with E-state index in [1.807, 2.05) is 0 Å². The molecular weight excluding hydrogens is 167 g/mol. The second-order valence-electron chi connectivity index (χ2n) is 4.05. The van der Waals surface area contributed by atoms with Crippen LogP contribution in [-0.2, 0) is 0 Å². The van der Waals surface area contributed by atoms with Crippen molar-refractivity contribution in [2.24, 2.45) is 0 Å². The standard InChI is InChI=1S/C10H13FN2/c1-10(2)6-12-8-4-3-7(11)5-9(8)13-10/h3-5,12-13H,6H2,1-2H3. The molecule has 3 heteroatoms. The lowest BCUT2D eigenvalue weighted by molar-refractivity contribution is 0.584. The third-order valence-corrected chi connectivity index (χ3v) is 2.18. The van der Waals surface area contributed by atoms with Crippen LogP contribution in [0.3, 0.4) is 0 Å². The van der Waals surface area contributed by atoms with Crippen molar-refractivity contribution in [3.63, 3.8) is 0 Å². The average Bonchev–Trinajstić information content (AvgIpc) is 2.01. The highest BCUT2D eigenvalue weighted by molar-refractivity contribution is 5.72. The molecule has 1 aromatic carbocycles. The van der Waals surface area contributed by atoms with E-state index in [2.05, 4.69) is 24.5 Å². The van der Waals surface area contributed by atoms with Gasteiger partial charge in [0.15, 0.2) is 0 Å². The third kappa shape index (κ3) is 1.59. The molecule has 0 aromatic heterocycles. The molecule has 0 spiro atoms. The summed E-state index contributed by atoms with van der Waals surface area (Å²) >= 11 is 0. The van der Waals surface area contributed by atoms with Gasteiger partial charge in [0.05, 0.1) is 11.4 Å². The number of halogens is 1. The van der Waals surface area contributed by atoms with E-state index in [0.717, 1.165) is 17.9 Å². The molecule has 1 aromatic rings. The molecule has 70 valence electrons. The van der Waals surface area contributed by atoms with Crippen LogP contribution in [0.4, 0.5) is 15.8 Å². The Balaban J connectivity index is 2.38. The minimum absolute atomic E-state index is 0.0131. The van der Waals surface area contributed by atoms with Crippen LogP contribution in [0.25, 0.3) is 0 Å². The fourth-order valence-electron chi connectivity index (χ4n) is 1.50. The molecule has 0 unspecified atom stereocenters. The Morgan fingerprint density at radius 2 is 2.08 bits per heavy atom. The maximum Gasteiger partial charge on any atom is 0.125 e. The first-order valence-electron chi connectivity index (χ1n) is 4.38. The lowest BCUT2D eigenvalue weighted by Gasteiger charge is -2.34. The van der Waals surface area contributed by atoms with Crippen molar-refractivity contribution in [1.29, 1.82) is 0 Å². The largest absolute Gasteiger partial charge is 0.381 e. The number of benzene rings is 1. The predicted octanol–water partition coefficient (Wildman–Crippen LogP) is 2.44.